The maximum Gasteiger partial charge on any atom is 0.0582 e. The molecule has 1 atom stereocenters. The summed E-state index contributed by atoms with van der Waals surface area (Å²) in [5.74, 6) is 1.04. The van der Waals surface area contributed by atoms with E-state index in [4.69, 9.17) is 10.8 Å². The first-order valence-electron chi connectivity index (χ1n) is 2.66. The van der Waals surface area contributed by atoms with Crippen LogP contribution in [0.2, 0.25) is 0 Å². The maximum absolute atomic E-state index is 8.43. The minimum Gasteiger partial charge on any atom is -0.395 e. The number of hydrogen-bond donors (Lipinski definition) is 2. The molecular weight excluding hydrogens is 158 g/mol. The lowest BCUT2D eigenvalue weighted by atomic mass is 10.3. The second-order valence-electron chi connectivity index (χ2n) is 1.72. The normalized spacial score (nSPS) is 12.3. The Bertz CT molecular complexity index is 56.2. The SMILES string of the molecule is CSCC[C@H](N)CO.Cl. The van der Waals surface area contributed by atoms with Crippen molar-refractivity contribution in [2.75, 3.05) is 18.6 Å². The van der Waals surface area contributed by atoms with E-state index < -0.39 is 0 Å². The Kier molecular flexibility index (Phi) is 11.7. The van der Waals surface area contributed by atoms with Crippen molar-refractivity contribution in [3.8, 4) is 0 Å². The fraction of sp³-hybridized carbons (Fsp3) is 1.00. The second kappa shape index (κ2) is 8.56. The summed E-state index contributed by atoms with van der Waals surface area (Å²) >= 11 is 1.75. The van der Waals surface area contributed by atoms with Crippen molar-refractivity contribution in [2.24, 2.45) is 5.73 Å². The van der Waals surface area contributed by atoms with Gasteiger partial charge in [0.05, 0.1) is 6.61 Å². The third-order valence-corrected chi connectivity index (χ3v) is 1.57. The minimum absolute atomic E-state index is 0. The van der Waals surface area contributed by atoms with Gasteiger partial charge in [-0.15, -0.1) is 12.4 Å². The zero-order chi connectivity index (χ0) is 6.41. The van der Waals surface area contributed by atoms with E-state index in [1.54, 1.807) is 11.8 Å². The summed E-state index contributed by atoms with van der Waals surface area (Å²) in [6.07, 6.45) is 2.95. The number of hydrogen-bond acceptors (Lipinski definition) is 3. The molecule has 0 spiro atoms. The zero-order valence-corrected chi connectivity index (χ0v) is 7.17. The van der Waals surface area contributed by atoms with Crippen molar-refractivity contribution < 1.29 is 5.11 Å². The molecule has 0 aliphatic heterocycles. The lowest BCUT2D eigenvalue weighted by Crippen LogP contribution is -2.24. The van der Waals surface area contributed by atoms with Gasteiger partial charge < -0.3 is 10.8 Å². The first-order chi connectivity index (χ1) is 3.81. The Morgan fingerprint density at radius 1 is 1.67 bits per heavy atom. The van der Waals surface area contributed by atoms with Crippen molar-refractivity contribution in [1.82, 2.24) is 0 Å². The molecule has 0 fully saturated rings. The van der Waals surface area contributed by atoms with Crippen LogP contribution in [0.5, 0.6) is 0 Å². The monoisotopic (exact) mass is 171 g/mol. The van der Waals surface area contributed by atoms with Crippen LogP contribution in [-0.4, -0.2) is 29.8 Å². The lowest BCUT2D eigenvalue weighted by Gasteiger charge is -2.03. The molecule has 9 heavy (non-hydrogen) atoms. The van der Waals surface area contributed by atoms with Crippen LogP contribution < -0.4 is 5.73 Å². The number of nitrogens with two attached hydrogens (primary N) is 1. The van der Waals surface area contributed by atoms with Crippen LogP contribution in [0.15, 0.2) is 0 Å². The van der Waals surface area contributed by atoms with Crippen LogP contribution in [0, 0.1) is 0 Å². The Balaban J connectivity index is 0. The molecule has 0 aromatic carbocycles. The van der Waals surface area contributed by atoms with E-state index >= 15 is 0 Å². The summed E-state index contributed by atoms with van der Waals surface area (Å²) in [5.41, 5.74) is 5.40. The Morgan fingerprint density at radius 2 is 2.22 bits per heavy atom. The van der Waals surface area contributed by atoms with E-state index in [1.807, 2.05) is 6.26 Å². The minimum atomic E-state index is -0.0116. The summed E-state index contributed by atoms with van der Waals surface area (Å²) in [6.45, 7) is 0.112. The van der Waals surface area contributed by atoms with Crippen LogP contribution in [-0.2, 0) is 0 Å². The van der Waals surface area contributed by atoms with E-state index in [1.165, 1.54) is 0 Å². The fourth-order valence-electron chi connectivity index (χ4n) is 0.361. The van der Waals surface area contributed by atoms with Gasteiger partial charge in [-0.05, 0) is 18.4 Å². The lowest BCUT2D eigenvalue weighted by molar-refractivity contribution is 0.264. The fourth-order valence-corrected chi connectivity index (χ4v) is 0.899. The van der Waals surface area contributed by atoms with E-state index in [-0.39, 0.29) is 25.1 Å². The number of halogens is 1. The number of thioether (sulfide) groups is 1. The van der Waals surface area contributed by atoms with Gasteiger partial charge >= 0.3 is 0 Å². The molecule has 3 N–H and O–H groups in total. The highest BCUT2D eigenvalue weighted by atomic mass is 35.5. The van der Waals surface area contributed by atoms with Crippen LogP contribution in [0.3, 0.4) is 0 Å². The second-order valence-corrected chi connectivity index (χ2v) is 2.71. The molecule has 0 saturated carbocycles. The van der Waals surface area contributed by atoms with Gasteiger partial charge in [-0.1, -0.05) is 0 Å². The van der Waals surface area contributed by atoms with Gasteiger partial charge in [0.1, 0.15) is 0 Å². The first-order valence-corrected chi connectivity index (χ1v) is 4.06. The molecule has 0 radical (unpaired) electrons. The van der Waals surface area contributed by atoms with Gasteiger partial charge in [0, 0.05) is 6.04 Å². The van der Waals surface area contributed by atoms with Gasteiger partial charge in [-0.25, -0.2) is 0 Å². The molecule has 0 amide bonds. The number of aliphatic hydroxyl groups excluding tert-OH is 1. The highest BCUT2D eigenvalue weighted by molar-refractivity contribution is 7.98. The molecule has 58 valence electrons. The summed E-state index contributed by atoms with van der Waals surface area (Å²) < 4.78 is 0. The Hall–Kier alpha value is 0.560. The van der Waals surface area contributed by atoms with E-state index in [2.05, 4.69) is 0 Å². The van der Waals surface area contributed by atoms with Gasteiger partial charge in [0.25, 0.3) is 0 Å². The first kappa shape index (κ1) is 12.3. The summed E-state index contributed by atoms with van der Waals surface area (Å²) in [7, 11) is 0. The predicted molar refractivity (Wildman–Crippen MR) is 45.3 cm³/mol. The van der Waals surface area contributed by atoms with Crippen LogP contribution >= 0.6 is 24.2 Å². The number of aliphatic hydroxyl groups is 1. The van der Waals surface area contributed by atoms with Crippen molar-refractivity contribution >= 4 is 24.2 Å². The van der Waals surface area contributed by atoms with Gasteiger partial charge in [-0.3, -0.25) is 0 Å². The van der Waals surface area contributed by atoms with Crippen LogP contribution in [0.4, 0.5) is 0 Å². The molecule has 0 aromatic heterocycles. The maximum atomic E-state index is 8.43. The molecule has 0 bridgehead atoms. The molecule has 0 aliphatic rings. The largest absolute Gasteiger partial charge is 0.395 e. The van der Waals surface area contributed by atoms with Crippen LogP contribution in [0.25, 0.3) is 0 Å². The third-order valence-electron chi connectivity index (χ3n) is 0.927. The smallest absolute Gasteiger partial charge is 0.0582 e. The molecule has 0 rings (SSSR count). The number of rotatable bonds is 4. The van der Waals surface area contributed by atoms with Crippen molar-refractivity contribution in [3.63, 3.8) is 0 Å². The van der Waals surface area contributed by atoms with Crippen molar-refractivity contribution in [2.45, 2.75) is 12.5 Å². The highest BCUT2D eigenvalue weighted by Crippen LogP contribution is 1.96. The van der Waals surface area contributed by atoms with Crippen molar-refractivity contribution in [3.05, 3.63) is 0 Å². The van der Waals surface area contributed by atoms with Crippen LogP contribution in [0.1, 0.15) is 6.42 Å². The zero-order valence-electron chi connectivity index (χ0n) is 5.54. The molecule has 0 heterocycles. The van der Waals surface area contributed by atoms with E-state index in [0.717, 1.165) is 12.2 Å². The summed E-state index contributed by atoms with van der Waals surface area (Å²) in [4.78, 5) is 0. The van der Waals surface area contributed by atoms with E-state index in [9.17, 15) is 0 Å². The Labute approximate surface area is 66.6 Å². The Morgan fingerprint density at radius 3 is 2.56 bits per heavy atom. The predicted octanol–water partition coefficient (Wildman–Crippen LogP) is 0.481. The molecule has 0 aliphatic carbocycles. The van der Waals surface area contributed by atoms with E-state index in [0.29, 0.717) is 0 Å². The van der Waals surface area contributed by atoms with Gasteiger partial charge in [0.2, 0.25) is 0 Å². The van der Waals surface area contributed by atoms with Gasteiger partial charge in [0.15, 0.2) is 0 Å². The summed E-state index contributed by atoms with van der Waals surface area (Å²) in [5, 5.41) is 8.43. The van der Waals surface area contributed by atoms with Crippen molar-refractivity contribution in [1.29, 1.82) is 0 Å². The average Bonchev–Trinajstić information content (AvgIpc) is 1.83. The molecule has 0 unspecified atom stereocenters. The summed E-state index contributed by atoms with van der Waals surface area (Å²) in [6, 6.07) is -0.0116. The third kappa shape index (κ3) is 8.56. The average molecular weight is 172 g/mol. The highest BCUT2D eigenvalue weighted by Gasteiger charge is 1.96. The molecule has 4 heteroatoms. The molecule has 2 nitrogen and oxygen atoms in total. The molecular formula is C5H14ClNOS. The van der Waals surface area contributed by atoms with Gasteiger partial charge in [-0.2, -0.15) is 11.8 Å². The standard InChI is InChI=1S/C5H13NOS.ClH/c1-8-3-2-5(6)4-7;/h5,7H,2-4,6H2,1H3;1H/t5-;/m0./s1. The molecule has 0 aromatic rings. The topological polar surface area (TPSA) is 46.2 Å². The quantitative estimate of drug-likeness (QED) is 0.647. The molecule has 0 saturated heterocycles.